The zero-order valence-corrected chi connectivity index (χ0v) is 11.9. The van der Waals surface area contributed by atoms with Crippen LogP contribution in [0, 0.1) is 5.92 Å². The fraction of sp³-hybridized carbons (Fsp3) is 0.615. The molecule has 1 fully saturated rings. The number of nitrogen functional groups attached to an aromatic ring is 1. The summed E-state index contributed by atoms with van der Waals surface area (Å²) in [6, 6.07) is 1.90. The largest absolute Gasteiger partial charge is 0.416 e. The van der Waals surface area contributed by atoms with Crippen molar-refractivity contribution < 1.29 is 13.2 Å². The van der Waals surface area contributed by atoms with Crippen LogP contribution in [-0.2, 0) is 6.18 Å². The maximum absolute atomic E-state index is 12.8. The van der Waals surface area contributed by atoms with Gasteiger partial charge >= 0.3 is 6.18 Å². The molecule has 0 amide bonds. The van der Waals surface area contributed by atoms with Gasteiger partial charge in [0.2, 0.25) is 0 Å². The van der Waals surface area contributed by atoms with Gasteiger partial charge in [-0.1, -0.05) is 6.92 Å². The molecule has 1 unspecified atom stereocenters. The molecule has 0 bridgehead atoms. The SMILES string of the molecule is CCN1CCC(CNc2cc(C(F)(F)F)cc(NN)n2)C1. The summed E-state index contributed by atoms with van der Waals surface area (Å²) in [5, 5.41) is 2.99. The molecule has 1 aromatic rings. The normalized spacial score (nSPS) is 19.8. The number of hydrogen-bond donors (Lipinski definition) is 3. The first-order valence-corrected chi connectivity index (χ1v) is 6.94. The van der Waals surface area contributed by atoms with Crippen molar-refractivity contribution in [2.45, 2.75) is 19.5 Å². The first-order valence-electron chi connectivity index (χ1n) is 6.94. The maximum atomic E-state index is 12.8. The van der Waals surface area contributed by atoms with Crippen molar-refractivity contribution in [2.75, 3.05) is 36.9 Å². The van der Waals surface area contributed by atoms with E-state index in [0.29, 0.717) is 12.5 Å². The Morgan fingerprint density at radius 2 is 2.10 bits per heavy atom. The minimum Gasteiger partial charge on any atom is -0.370 e. The van der Waals surface area contributed by atoms with Gasteiger partial charge in [0.1, 0.15) is 11.6 Å². The van der Waals surface area contributed by atoms with Crippen molar-refractivity contribution in [2.24, 2.45) is 11.8 Å². The molecule has 2 heterocycles. The van der Waals surface area contributed by atoms with Crippen LogP contribution >= 0.6 is 0 Å². The van der Waals surface area contributed by atoms with Crippen LogP contribution in [-0.4, -0.2) is 36.1 Å². The topological polar surface area (TPSA) is 66.2 Å². The molecule has 1 aromatic heterocycles. The fourth-order valence-corrected chi connectivity index (χ4v) is 2.47. The Hall–Kier alpha value is -1.54. The number of hydrogen-bond acceptors (Lipinski definition) is 5. The standard InChI is InChI=1S/C13H20F3N5/c1-2-21-4-3-9(8-21)7-18-11-5-10(13(14,15)16)6-12(19-11)20-17/h5-6,9H,2-4,7-8,17H2,1H3,(H2,18,19,20). The summed E-state index contributed by atoms with van der Waals surface area (Å²) in [6.45, 7) is 5.71. The van der Waals surface area contributed by atoms with Crippen molar-refractivity contribution in [3.05, 3.63) is 17.7 Å². The molecule has 1 atom stereocenters. The van der Waals surface area contributed by atoms with Crippen LogP contribution in [0.1, 0.15) is 18.9 Å². The van der Waals surface area contributed by atoms with E-state index < -0.39 is 11.7 Å². The smallest absolute Gasteiger partial charge is 0.370 e. The van der Waals surface area contributed by atoms with Gasteiger partial charge in [-0.25, -0.2) is 10.8 Å². The van der Waals surface area contributed by atoms with E-state index in [1.807, 2.05) is 0 Å². The lowest BCUT2D eigenvalue weighted by Crippen LogP contribution is -2.23. The quantitative estimate of drug-likeness (QED) is 0.574. The number of pyridine rings is 1. The van der Waals surface area contributed by atoms with Gasteiger partial charge in [-0.05, 0) is 37.6 Å². The van der Waals surface area contributed by atoms with Gasteiger partial charge in [-0.3, -0.25) is 0 Å². The molecule has 118 valence electrons. The predicted octanol–water partition coefficient (Wildman–Crippen LogP) is 2.14. The van der Waals surface area contributed by atoms with Gasteiger partial charge in [0.25, 0.3) is 0 Å². The molecule has 0 radical (unpaired) electrons. The Morgan fingerprint density at radius 1 is 1.38 bits per heavy atom. The van der Waals surface area contributed by atoms with Crippen LogP contribution in [0.15, 0.2) is 12.1 Å². The zero-order chi connectivity index (χ0) is 15.5. The molecule has 0 saturated carbocycles. The number of aromatic nitrogens is 1. The van der Waals surface area contributed by atoms with Crippen molar-refractivity contribution in [3.8, 4) is 0 Å². The summed E-state index contributed by atoms with van der Waals surface area (Å²) < 4.78 is 38.4. The molecule has 1 saturated heterocycles. The van der Waals surface area contributed by atoms with Crippen LogP contribution in [0.2, 0.25) is 0 Å². The highest BCUT2D eigenvalue weighted by Gasteiger charge is 2.31. The molecular weight excluding hydrogens is 283 g/mol. The molecule has 2 rings (SSSR count). The Labute approximate surface area is 121 Å². The first-order chi connectivity index (χ1) is 9.92. The summed E-state index contributed by atoms with van der Waals surface area (Å²) in [5.74, 6) is 5.78. The number of rotatable bonds is 5. The van der Waals surface area contributed by atoms with Gasteiger partial charge in [0.05, 0.1) is 5.56 Å². The molecule has 0 aliphatic carbocycles. The minimum absolute atomic E-state index is 0.00562. The molecular formula is C13H20F3N5. The second-order valence-corrected chi connectivity index (χ2v) is 5.20. The minimum atomic E-state index is -4.42. The van der Waals surface area contributed by atoms with Crippen LogP contribution in [0.5, 0.6) is 0 Å². The average Bonchev–Trinajstić information content (AvgIpc) is 2.92. The van der Waals surface area contributed by atoms with Crippen LogP contribution < -0.4 is 16.6 Å². The summed E-state index contributed by atoms with van der Waals surface area (Å²) >= 11 is 0. The lowest BCUT2D eigenvalue weighted by molar-refractivity contribution is -0.137. The van der Waals surface area contributed by atoms with Gasteiger partial charge in [-0.15, -0.1) is 0 Å². The van der Waals surface area contributed by atoms with Crippen molar-refractivity contribution >= 4 is 11.6 Å². The summed E-state index contributed by atoms with van der Waals surface area (Å²) in [5.41, 5.74) is 1.40. The van der Waals surface area contributed by atoms with Gasteiger partial charge < -0.3 is 15.6 Å². The van der Waals surface area contributed by atoms with E-state index in [1.165, 1.54) is 0 Å². The van der Waals surface area contributed by atoms with E-state index in [4.69, 9.17) is 5.84 Å². The summed E-state index contributed by atoms with van der Waals surface area (Å²) in [4.78, 5) is 6.32. The van der Waals surface area contributed by atoms with Gasteiger partial charge in [0.15, 0.2) is 0 Å². The number of halogens is 3. The van der Waals surface area contributed by atoms with E-state index in [0.717, 1.165) is 38.2 Å². The third-order valence-corrected chi connectivity index (χ3v) is 3.69. The van der Waals surface area contributed by atoms with E-state index >= 15 is 0 Å². The molecule has 0 aromatic carbocycles. The van der Waals surface area contributed by atoms with Crippen molar-refractivity contribution in [1.29, 1.82) is 0 Å². The number of nitrogens with two attached hydrogens (primary N) is 1. The molecule has 5 nitrogen and oxygen atoms in total. The first kappa shape index (κ1) is 15.8. The van der Waals surface area contributed by atoms with Crippen LogP contribution in [0.3, 0.4) is 0 Å². The molecule has 1 aliphatic heterocycles. The second kappa shape index (κ2) is 6.48. The van der Waals surface area contributed by atoms with Crippen molar-refractivity contribution in [3.63, 3.8) is 0 Å². The van der Waals surface area contributed by atoms with Gasteiger partial charge in [-0.2, -0.15) is 13.2 Å². The Bertz CT molecular complexity index is 477. The molecule has 1 aliphatic rings. The Kier molecular flexibility index (Phi) is 4.89. The highest BCUT2D eigenvalue weighted by Crippen LogP contribution is 2.32. The molecule has 8 heteroatoms. The predicted molar refractivity (Wildman–Crippen MR) is 75.8 cm³/mol. The third-order valence-electron chi connectivity index (χ3n) is 3.69. The van der Waals surface area contributed by atoms with E-state index in [2.05, 4.69) is 27.6 Å². The number of alkyl halides is 3. The highest BCUT2D eigenvalue weighted by molar-refractivity contribution is 5.49. The Balaban J connectivity index is 2.02. The maximum Gasteiger partial charge on any atom is 0.416 e. The fourth-order valence-electron chi connectivity index (χ4n) is 2.47. The number of nitrogens with zero attached hydrogens (tertiary/aromatic N) is 2. The van der Waals surface area contributed by atoms with E-state index in [-0.39, 0.29) is 11.6 Å². The highest BCUT2D eigenvalue weighted by atomic mass is 19.4. The number of likely N-dealkylation sites (tertiary alicyclic amines) is 1. The number of nitrogens with one attached hydrogen (secondary N) is 2. The third kappa shape index (κ3) is 4.21. The number of anilines is 2. The number of hydrazine groups is 1. The average molecular weight is 303 g/mol. The molecule has 0 spiro atoms. The van der Waals surface area contributed by atoms with E-state index in [1.54, 1.807) is 0 Å². The Morgan fingerprint density at radius 3 is 2.67 bits per heavy atom. The zero-order valence-electron chi connectivity index (χ0n) is 11.9. The van der Waals surface area contributed by atoms with Gasteiger partial charge in [0, 0.05) is 13.1 Å². The lowest BCUT2D eigenvalue weighted by Gasteiger charge is -2.15. The second-order valence-electron chi connectivity index (χ2n) is 5.20. The van der Waals surface area contributed by atoms with Crippen molar-refractivity contribution in [1.82, 2.24) is 9.88 Å². The molecule has 21 heavy (non-hydrogen) atoms. The van der Waals surface area contributed by atoms with E-state index in [9.17, 15) is 13.2 Å². The summed E-state index contributed by atoms with van der Waals surface area (Å²) in [6.07, 6.45) is -3.38. The summed E-state index contributed by atoms with van der Waals surface area (Å²) in [7, 11) is 0. The monoisotopic (exact) mass is 303 g/mol. The van der Waals surface area contributed by atoms with Crippen LogP contribution in [0.4, 0.5) is 24.8 Å². The van der Waals surface area contributed by atoms with Crippen LogP contribution in [0.25, 0.3) is 0 Å². The molecule has 4 N–H and O–H groups in total. The lowest BCUT2D eigenvalue weighted by atomic mass is 10.1.